The van der Waals surface area contributed by atoms with Crippen LogP contribution in [0.1, 0.15) is 31.4 Å². The van der Waals surface area contributed by atoms with Crippen molar-refractivity contribution in [2.45, 2.75) is 32.2 Å². The molecule has 1 saturated heterocycles. The number of nitrogens with zero attached hydrogens (tertiary/aromatic N) is 4. The second-order valence-electron chi connectivity index (χ2n) is 6.35. The maximum Gasteiger partial charge on any atom is 0.193 e. The molecular weight excluding hydrogens is 437 g/mol. The Labute approximate surface area is 168 Å². The maximum atomic E-state index is 6.05. The summed E-state index contributed by atoms with van der Waals surface area (Å²) in [6.07, 6.45) is 7.11. The van der Waals surface area contributed by atoms with Gasteiger partial charge < -0.3 is 19.7 Å². The molecule has 24 heavy (non-hydrogen) atoms. The van der Waals surface area contributed by atoms with Crippen molar-refractivity contribution in [2.24, 2.45) is 12.0 Å². The van der Waals surface area contributed by atoms with Crippen molar-refractivity contribution in [3.05, 3.63) is 23.0 Å². The van der Waals surface area contributed by atoms with Crippen molar-refractivity contribution in [1.82, 2.24) is 19.7 Å². The van der Waals surface area contributed by atoms with Crippen LogP contribution < -0.4 is 5.32 Å². The standard InChI is InChI=1S/C17H30ClN5.HI/c1-19-17(20-8-4-5-9-23-10-6-7-11-23)22(3)14-16-12-15(18)13-21(16)2;/h12-13H,4-11,14H2,1-3H3,(H,19,20);1H. The molecule has 0 radical (unpaired) electrons. The summed E-state index contributed by atoms with van der Waals surface area (Å²) in [5.74, 6) is 0.934. The van der Waals surface area contributed by atoms with Crippen LogP contribution in [-0.4, -0.2) is 60.6 Å². The Bertz CT molecular complexity index is 511. The Morgan fingerprint density at radius 2 is 2.04 bits per heavy atom. The Balaban J connectivity index is 0.00000288. The van der Waals surface area contributed by atoms with Gasteiger partial charge in [0.05, 0.1) is 11.6 Å². The van der Waals surface area contributed by atoms with Crippen molar-refractivity contribution in [3.8, 4) is 0 Å². The van der Waals surface area contributed by atoms with E-state index < -0.39 is 0 Å². The molecule has 0 spiro atoms. The van der Waals surface area contributed by atoms with E-state index in [1.54, 1.807) is 0 Å². The van der Waals surface area contributed by atoms with Crippen LogP contribution in [0.5, 0.6) is 0 Å². The van der Waals surface area contributed by atoms with Crippen LogP contribution in [0.3, 0.4) is 0 Å². The zero-order chi connectivity index (χ0) is 16.7. The Morgan fingerprint density at radius 3 is 2.62 bits per heavy atom. The molecule has 1 aromatic rings. The third kappa shape index (κ3) is 6.80. The first-order valence-electron chi connectivity index (χ1n) is 8.55. The van der Waals surface area contributed by atoms with Crippen molar-refractivity contribution in [1.29, 1.82) is 0 Å². The average molecular weight is 468 g/mol. The van der Waals surface area contributed by atoms with Crippen LogP contribution >= 0.6 is 35.6 Å². The largest absolute Gasteiger partial charge is 0.356 e. The molecule has 1 aromatic heterocycles. The molecule has 1 aliphatic rings. The van der Waals surface area contributed by atoms with E-state index in [1.165, 1.54) is 51.0 Å². The van der Waals surface area contributed by atoms with E-state index in [9.17, 15) is 0 Å². The highest BCUT2D eigenvalue weighted by atomic mass is 127. The lowest BCUT2D eigenvalue weighted by Crippen LogP contribution is -2.39. The summed E-state index contributed by atoms with van der Waals surface area (Å²) in [5, 5.41) is 4.23. The van der Waals surface area contributed by atoms with Gasteiger partial charge in [0.1, 0.15) is 0 Å². The quantitative estimate of drug-likeness (QED) is 0.290. The lowest BCUT2D eigenvalue weighted by Gasteiger charge is -2.22. The number of aromatic nitrogens is 1. The lowest BCUT2D eigenvalue weighted by molar-refractivity contribution is 0.330. The monoisotopic (exact) mass is 467 g/mol. The minimum atomic E-state index is 0. The number of aliphatic imine (C=N–C) groups is 1. The number of unbranched alkanes of at least 4 members (excludes halogenated alkanes) is 1. The highest BCUT2D eigenvalue weighted by molar-refractivity contribution is 14.0. The summed E-state index contributed by atoms with van der Waals surface area (Å²) in [5.41, 5.74) is 1.18. The number of likely N-dealkylation sites (tertiary alicyclic amines) is 1. The van der Waals surface area contributed by atoms with E-state index in [-0.39, 0.29) is 24.0 Å². The maximum absolute atomic E-state index is 6.05. The summed E-state index contributed by atoms with van der Waals surface area (Å²) in [7, 11) is 5.91. The first-order valence-corrected chi connectivity index (χ1v) is 8.93. The summed E-state index contributed by atoms with van der Waals surface area (Å²) in [4.78, 5) is 9.08. The number of nitrogens with one attached hydrogen (secondary N) is 1. The second kappa shape index (κ2) is 11.2. The van der Waals surface area contributed by atoms with Crippen LogP contribution in [0.25, 0.3) is 0 Å². The number of halogens is 2. The van der Waals surface area contributed by atoms with Gasteiger partial charge in [0.2, 0.25) is 0 Å². The first kappa shape index (κ1) is 21.6. The van der Waals surface area contributed by atoms with Gasteiger partial charge in [-0.2, -0.15) is 0 Å². The van der Waals surface area contributed by atoms with E-state index in [1.807, 2.05) is 26.4 Å². The molecule has 138 valence electrons. The van der Waals surface area contributed by atoms with E-state index >= 15 is 0 Å². The fourth-order valence-electron chi connectivity index (χ4n) is 3.09. The van der Waals surface area contributed by atoms with Crippen LogP contribution in [0.15, 0.2) is 17.3 Å². The van der Waals surface area contributed by atoms with Gasteiger partial charge >= 0.3 is 0 Å². The van der Waals surface area contributed by atoms with E-state index in [0.29, 0.717) is 0 Å². The van der Waals surface area contributed by atoms with Gasteiger partial charge in [-0.1, -0.05) is 11.6 Å². The van der Waals surface area contributed by atoms with Gasteiger partial charge in [-0.05, 0) is 51.4 Å². The number of hydrogen-bond donors (Lipinski definition) is 1. The predicted octanol–water partition coefficient (Wildman–Crippen LogP) is 3.18. The average Bonchev–Trinajstić information content (AvgIpc) is 3.13. The lowest BCUT2D eigenvalue weighted by atomic mass is 10.3. The molecule has 2 heterocycles. The van der Waals surface area contributed by atoms with Crippen molar-refractivity contribution < 1.29 is 0 Å². The minimum absolute atomic E-state index is 0. The van der Waals surface area contributed by atoms with Gasteiger partial charge in [0.15, 0.2) is 5.96 Å². The van der Waals surface area contributed by atoms with Gasteiger partial charge in [-0.3, -0.25) is 4.99 Å². The zero-order valence-corrected chi connectivity index (χ0v) is 18.2. The number of rotatable bonds is 7. The molecule has 1 N–H and O–H groups in total. The molecule has 0 aliphatic carbocycles. The Hall–Kier alpha value is -0.470. The zero-order valence-electron chi connectivity index (χ0n) is 15.1. The molecule has 0 saturated carbocycles. The summed E-state index contributed by atoms with van der Waals surface area (Å²) in [6.45, 7) is 5.57. The molecule has 0 atom stereocenters. The highest BCUT2D eigenvalue weighted by Gasteiger charge is 2.11. The smallest absolute Gasteiger partial charge is 0.193 e. The molecule has 1 fully saturated rings. The third-order valence-electron chi connectivity index (χ3n) is 4.43. The van der Waals surface area contributed by atoms with E-state index in [2.05, 4.69) is 31.7 Å². The molecule has 7 heteroatoms. The summed E-state index contributed by atoms with van der Waals surface area (Å²) >= 11 is 6.05. The summed E-state index contributed by atoms with van der Waals surface area (Å²) in [6, 6.07) is 2.00. The Kier molecular flexibility index (Phi) is 10.1. The topological polar surface area (TPSA) is 35.8 Å². The predicted molar refractivity (Wildman–Crippen MR) is 114 cm³/mol. The molecule has 0 aromatic carbocycles. The van der Waals surface area contributed by atoms with Gasteiger partial charge in [-0.15, -0.1) is 24.0 Å². The van der Waals surface area contributed by atoms with Crippen LogP contribution in [0.2, 0.25) is 5.02 Å². The van der Waals surface area contributed by atoms with E-state index in [4.69, 9.17) is 11.6 Å². The fourth-order valence-corrected chi connectivity index (χ4v) is 3.37. The molecule has 0 unspecified atom stereocenters. The Morgan fingerprint density at radius 1 is 1.33 bits per heavy atom. The SMILES string of the molecule is CN=C(NCCCCN1CCCC1)N(C)Cc1cc(Cl)cn1C.I. The summed E-state index contributed by atoms with van der Waals surface area (Å²) < 4.78 is 2.06. The number of hydrogen-bond acceptors (Lipinski definition) is 2. The number of guanidine groups is 1. The van der Waals surface area contributed by atoms with E-state index in [0.717, 1.165) is 24.1 Å². The third-order valence-corrected chi connectivity index (χ3v) is 4.64. The first-order chi connectivity index (χ1) is 11.1. The normalized spacial score (nSPS) is 15.4. The highest BCUT2D eigenvalue weighted by Crippen LogP contribution is 2.14. The molecule has 2 rings (SSSR count). The minimum Gasteiger partial charge on any atom is -0.356 e. The molecule has 5 nitrogen and oxygen atoms in total. The second-order valence-corrected chi connectivity index (χ2v) is 6.78. The molecule has 0 amide bonds. The van der Waals surface area contributed by atoms with Gasteiger partial charge in [0.25, 0.3) is 0 Å². The van der Waals surface area contributed by atoms with Crippen molar-refractivity contribution in [2.75, 3.05) is 40.3 Å². The molecule has 1 aliphatic heterocycles. The van der Waals surface area contributed by atoms with Crippen LogP contribution in [0.4, 0.5) is 0 Å². The fraction of sp³-hybridized carbons (Fsp3) is 0.706. The molecular formula is C17H31ClIN5. The van der Waals surface area contributed by atoms with Crippen molar-refractivity contribution >= 4 is 41.5 Å². The van der Waals surface area contributed by atoms with Crippen molar-refractivity contribution in [3.63, 3.8) is 0 Å². The van der Waals surface area contributed by atoms with Crippen LogP contribution in [-0.2, 0) is 13.6 Å². The number of aryl methyl sites for hydroxylation is 1. The van der Waals surface area contributed by atoms with Crippen LogP contribution in [0, 0.1) is 0 Å². The molecule has 0 bridgehead atoms. The van der Waals surface area contributed by atoms with Gasteiger partial charge in [0, 0.05) is 39.6 Å². The van der Waals surface area contributed by atoms with Gasteiger partial charge in [-0.25, -0.2) is 0 Å².